The number of hydrogen-bond acceptors (Lipinski definition) is 4. The van der Waals surface area contributed by atoms with Crippen LogP contribution in [0.2, 0.25) is 0 Å². The minimum Gasteiger partial charge on any atom is -0.467 e. The van der Waals surface area contributed by atoms with E-state index in [0.29, 0.717) is 23.1 Å². The van der Waals surface area contributed by atoms with Crippen LogP contribution < -0.4 is 5.32 Å². The summed E-state index contributed by atoms with van der Waals surface area (Å²) in [7, 11) is 0. The third-order valence-electron chi connectivity index (χ3n) is 4.30. The van der Waals surface area contributed by atoms with E-state index in [-0.39, 0.29) is 11.4 Å². The summed E-state index contributed by atoms with van der Waals surface area (Å²) in [4.78, 5) is 17.8. The molecule has 6 heteroatoms. The van der Waals surface area contributed by atoms with E-state index in [1.165, 1.54) is 0 Å². The Hall–Kier alpha value is -3.41. The van der Waals surface area contributed by atoms with Crippen LogP contribution in [0.15, 0.2) is 65.4 Å². The first-order valence-electron chi connectivity index (χ1n) is 9.17. The van der Waals surface area contributed by atoms with Crippen LogP contribution in [0.25, 0.3) is 22.3 Å². The van der Waals surface area contributed by atoms with E-state index < -0.39 is 0 Å². The molecular formula is C22H22N4O2. The Morgan fingerprint density at radius 2 is 1.93 bits per heavy atom. The summed E-state index contributed by atoms with van der Waals surface area (Å²) < 4.78 is 7.20. The molecule has 0 spiro atoms. The second-order valence-corrected chi connectivity index (χ2v) is 7.74. The lowest BCUT2D eigenvalue weighted by Gasteiger charge is -2.21. The van der Waals surface area contributed by atoms with Gasteiger partial charge in [0.05, 0.1) is 29.1 Å². The number of fused-ring (bicyclic) bond motifs is 1. The van der Waals surface area contributed by atoms with Gasteiger partial charge in [0.1, 0.15) is 12.3 Å². The van der Waals surface area contributed by atoms with E-state index in [0.717, 1.165) is 17.0 Å². The molecule has 1 aromatic carbocycles. The van der Waals surface area contributed by atoms with Crippen LogP contribution in [0.3, 0.4) is 0 Å². The Kier molecular flexibility index (Phi) is 4.47. The molecular weight excluding hydrogens is 352 g/mol. The fraction of sp³-hybridized carbons (Fsp3) is 0.227. The maximum Gasteiger partial charge on any atom is 0.252 e. The molecule has 142 valence electrons. The maximum absolute atomic E-state index is 13.0. The van der Waals surface area contributed by atoms with E-state index in [4.69, 9.17) is 9.40 Å². The first-order valence-corrected chi connectivity index (χ1v) is 9.17. The van der Waals surface area contributed by atoms with Gasteiger partial charge in [0.15, 0.2) is 5.65 Å². The van der Waals surface area contributed by atoms with Crippen LogP contribution in [0.1, 0.15) is 36.9 Å². The lowest BCUT2D eigenvalue weighted by molar-refractivity contribution is 0.0921. The Morgan fingerprint density at radius 1 is 1.14 bits per heavy atom. The summed E-state index contributed by atoms with van der Waals surface area (Å²) >= 11 is 0. The average molecular weight is 374 g/mol. The SMILES string of the molecule is CC(C)(C)NC(=O)c1cc(-c2ccccc2)nc2c1cnn2Cc1ccco1. The standard InChI is InChI=1S/C22H22N4O2/c1-22(2,3)25-21(27)17-12-19(15-8-5-4-6-9-15)24-20-18(17)13-23-26(20)14-16-10-7-11-28-16/h4-13H,14H2,1-3H3,(H,25,27). The van der Waals surface area contributed by atoms with Crippen LogP contribution >= 0.6 is 0 Å². The highest BCUT2D eigenvalue weighted by molar-refractivity contribution is 6.06. The van der Waals surface area contributed by atoms with Crippen LogP contribution in [0.5, 0.6) is 0 Å². The highest BCUT2D eigenvalue weighted by Crippen LogP contribution is 2.25. The Labute approximate surface area is 163 Å². The topological polar surface area (TPSA) is 73.0 Å². The molecule has 3 heterocycles. The smallest absolute Gasteiger partial charge is 0.252 e. The third-order valence-corrected chi connectivity index (χ3v) is 4.30. The zero-order valence-corrected chi connectivity index (χ0v) is 16.1. The molecule has 1 N–H and O–H groups in total. The number of pyridine rings is 1. The van der Waals surface area contributed by atoms with Crippen molar-refractivity contribution in [3.63, 3.8) is 0 Å². The summed E-state index contributed by atoms with van der Waals surface area (Å²) in [6.45, 7) is 6.33. The number of hydrogen-bond donors (Lipinski definition) is 1. The summed E-state index contributed by atoms with van der Waals surface area (Å²) in [6.07, 6.45) is 3.32. The number of rotatable bonds is 4. The van der Waals surface area contributed by atoms with Gasteiger partial charge in [0.2, 0.25) is 0 Å². The quantitative estimate of drug-likeness (QED) is 0.579. The van der Waals surface area contributed by atoms with Crippen molar-refractivity contribution in [3.8, 4) is 11.3 Å². The molecule has 28 heavy (non-hydrogen) atoms. The number of carbonyl (C=O) groups excluding carboxylic acids is 1. The van der Waals surface area contributed by atoms with Crippen molar-refractivity contribution >= 4 is 16.9 Å². The van der Waals surface area contributed by atoms with Crippen LogP contribution in [0, 0.1) is 0 Å². The number of furan rings is 1. The second kappa shape index (κ2) is 6.96. The number of nitrogens with one attached hydrogen (secondary N) is 1. The molecule has 4 rings (SSSR count). The van der Waals surface area contributed by atoms with E-state index in [2.05, 4.69) is 10.4 Å². The molecule has 6 nitrogen and oxygen atoms in total. The molecule has 1 amide bonds. The van der Waals surface area contributed by atoms with Crippen molar-refractivity contribution < 1.29 is 9.21 Å². The lowest BCUT2D eigenvalue weighted by Crippen LogP contribution is -2.40. The van der Waals surface area contributed by atoms with E-state index in [9.17, 15) is 4.79 Å². The van der Waals surface area contributed by atoms with Crippen LogP contribution in [-0.4, -0.2) is 26.2 Å². The summed E-state index contributed by atoms with van der Waals surface area (Å²) in [5.74, 6) is 0.632. The minimum atomic E-state index is -0.344. The van der Waals surface area contributed by atoms with E-state index >= 15 is 0 Å². The maximum atomic E-state index is 13.0. The predicted octanol–water partition coefficient (Wildman–Crippen LogP) is 4.27. The van der Waals surface area contributed by atoms with Gasteiger partial charge in [-0.1, -0.05) is 30.3 Å². The number of amides is 1. The van der Waals surface area contributed by atoms with Gasteiger partial charge in [0, 0.05) is 11.1 Å². The first-order chi connectivity index (χ1) is 13.4. The van der Waals surface area contributed by atoms with Crippen molar-refractivity contribution in [3.05, 3.63) is 72.3 Å². The number of carbonyl (C=O) groups is 1. The molecule has 0 aliphatic carbocycles. The first kappa shape index (κ1) is 18.0. The Bertz CT molecular complexity index is 1110. The zero-order chi connectivity index (χ0) is 19.7. The number of nitrogens with zero attached hydrogens (tertiary/aromatic N) is 3. The molecule has 3 aromatic heterocycles. The normalized spacial score (nSPS) is 11.7. The summed E-state index contributed by atoms with van der Waals surface area (Å²) in [5.41, 5.74) is 2.54. The molecule has 0 radical (unpaired) electrons. The van der Waals surface area contributed by atoms with Gasteiger partial charge >= 0.3 is 0 Å². The van der Waals surface area contributed by atoms with Crippen molar-refractivity contribution in [1.29, 1.82) is 0 Å². The van der Waals surface area contributed by atoms with Crippen LogP contribution in [0.4, 0.5) is 0 Å². The molecule has 0 atom stereocenters. The Morgan fingerprint density at radius 3 is 2.61 bits per heavy atom. The molecule has 0 aliphatic rings. The fourth-order valence-corrected chi connectivity index (χ4v) is 3.07. The molecule has 0 bridgehead atoms. The third kappa shape index (κ3) is 3.67. The molecule has 4 aromatic rings. The van der Waals surface area contributed by atoms with Gasteiger partial charge in [-0.3, -0.25) is 4.79 Å². The largest absolute Gasteiger partial charge is 0.467 e. The second-order valence-electron chi connectivity index (χ2n) is 7.74. The van der Waals surface area contributed by atoms with Crippen molar-refractivity contribution in [1.82, 2.24) is 20.1 Å². The predicted molar refractivity (Wildman–Crippen MR) is 108 cm³/mol. The molecule has 0 saturated heterocycles. The highest BCUT2D eigenvalue weighted by Gasteiger charge is 2.21. The van der Waals surface area contributed by atoms with Gasteiger partial charge in [-0.05, 0) is 39.0 Å². The van der Waals surface area contributed by atoms with Gasteiger partial charge in [-0.25, -0.2) is 9.67 Å². The average Bonchev–Trinajstić information content (AvgIpc) is 3.31. The molecule has 0 unspecified atom stereocenters. The van der Waals surface area contributed by atoms with Crippen molar-refractivity contribution in [2.24, 2.45) is 0 Å². The summed E-state index contributed by atoms with van der Waals surface area (Å²) in [5, 5.41) is 8.21. The van der Waals surface area contributed by atoms with Gasteiger partial charge in [0.25, 0.3) is 5.91 Å². The van der Waals surface area contributed by atoms with Crippen LogP contribution in [-0.2, 0) is 6.54 Å². The Balaban J connectivity index is 1.86. The van der Waals surface area contributed by atoms with Gasteiger partial charge < -0.3 is 9.73 Å². The lowest BCUT2D eigenvalue weighted by atomic mass is 10.0. The van der Waals surface area contributed by atoms with E-state index in [1.807, 2.05) is 69.3 Å². The molecule has 0 aliphatic heterocycles. The summed E-state index contributed by atoms with van der Waals surface area (Å²) in [6, 6.07) is 15.4. The highest BCUT2D eigenvalue weighted by atomic mass is 16.3. The molecule has 0 fully saturated rings. The molecule has 0 saturated carbocycles. The monoisotopic (exact) mass is 374 g/mol. The number of aromatic nitrogens is 3. The van der Waals surface area contributed by atoms with Gasteiger partial charge in [-0.15, -0.1) is 0 Å². The van der Waals surface area contributed by atoms with Crippen molar-refractivity contribution in [2.75, 3.05) is 0 Å². The van der Waals surface area contributed by atoms with Gasteiger partial charge in [-0.2, -0.15) is 5.10 Å². The van der Waals surface area contributed by atoms with Crippen molar-refractivity contribution in [2.45, 2.75) is 32.9 Å². The zero-order valence-electron chi connectivity index (χ0n) is 16.1. The number of benzene rings is 1. The minimum absolute atomic E-state index is 0.144. The fourth-order valence-electron chi connectivity index (χ4n) is 3.07. The van der Waals surface area contributed by atoms with E-state index in [1.54, 1.807) is 17.1 Å².